The van der Waals surface area contributed by atoms with Gasteiger partial charge in [0.25, 0.3) is 0 Å². The van der Waals surface area contributed by atoms with Crippen molar-refractivity contribution in [2.75, 3.05) is 6.54 Å². The van der Waals surface area contributed by atoms with Crippen LogP contribution in [-0.2, 0) is 9.59 Å². The summed E-state index contributed by atoms with van der Waals surface area (Å²) in [7, 11) is 0. The fourth-order valence-corrected chi connectivity index (χ4v) is 3.61. The number of carboxylic acid groups (broad SMARTS) is 1. The first kappa shape index (κ1) is 16.0. The maximum atomic E-state index is 12.3. The maximum absolute atomic E-state index is 12.3. The average Bonchev–Trinajstić information content (AvgIpc) is 3.00. The van der Waals surface area contributed by atoms with Crippen LogP contribution < -0.4 is 11.1 Å². The summed E-state index contributed by atoms with van der Waals surface area (Å²) in [6, 6.07) is 3.30. The van der Waals surface area contributed by atoms with Crippen LogP contribution in [0.3, 0.4) is 0 Å². The summed E-state index contributed by atoms with van der Waals surface area (Å²) >= 11 is 1.47. The number of carboxylic acids is 1. The Morgan fingerprint density at radius 3 is 2.62 bits per heavy atom. The van der Waals surface area contributed by atoms with Crippen LogP contribution in [0, 0.1) is 11.8 Å². The van der Waals surface area contributed by atoms with Gasteiger partial charge in [-0.1, -0.05) is 6.07 Å². The molecule has 0 aliphatic heterocycles. The third kappa shape index (κ3) is 4.54. The van der Waals surface area contributed by atoms with Crippen LogP contribution in [0.5, 0.6) is 0 Å². The molecule has 1 fully saturated rings. The van der Waals surface area contributed by atoms with Crippen molar-refractivity contribution in [3.8, 4) is 0 Å². The first-order valence-electron chi connectivity index (χ1n) is 7.35. The molecule has 4 N–H and O–H groups in total. The predicted molar refractivity (Wildman–Crippen MR) is 82.0 cm³/mol. The Balaban J connectivity index is 1.94. The Kier molecular flexibility index (Phi) is 5.76. The van der Waals surface area contributed by atoms with E-state index in [0.29, 0.717) is 12.5 Å². The van der Waals surface area contributed by atoms with Crippen molar-refractivity contribution in [2.45, 2.75) is 38.1 Å². The zero-order chi connectivity index (χ0) is 15.2. The Morgan fingerprint density at radius 1 is 1.38 bits per heavy atom. The summed E-state index contributed by atoms with van der Waals surface area (Å²) in [6.45, 7) is 0.686. The molecule has 5 nitrogen and oxygen atoms in total. The minimum absolute atomic E-state index is 0.0101. The molecule has 2 rings (SSSR count). The molecular weight excluding hydrogens is 288 g/mol. The summed E-state index contributed by atoms with van der Waals surface area (Å²) in [6.07, 6.45) is 3.58. The molecule has 1 atom stereocenters. The SMILES string of the molecule is NCC1CCC(C(=O)NC(CC(=O)O)c2cccs2)CC1. The fraction of sp³-hybridized carbons (Fsp3) is 0.600. The lowest BCUT2D eigenvalue weighted by molar-refractivity contribution is -0.138. The molecular formula is C15H22N2O3S. The van der Waals surface area contributed by atoms with Crippen molar-refractivity contribution >= 4 is 23.2 Å². The van der Waals surface area contributed by atoms with Gasteiger partial charge in [-0.3, -0.25) is 9.59 Å². The number of nitrogens with two attached hydrogens (primary N) is 1. The van der Waals surface area contributed by atoms with Crippen LogP contribution in [0.25, 0.3) is 0 Å². The quantitative estimate of drug-likeness (QED) is 0.750. The summed E-state index contributed by atoms with van der Waals surface area (Å²) < 4.78 is 0. The molecule has 1 aromatic heterocycles. The standard InChI is InChI=1S/C15H22N2O3S/c16-9-10-3-5-11(6-4-10)15(20)17-12(8-14(18)19)13-2-1-7-21-13/h1-2,7,10-12H,3-6,8-9,16H2,(H,17,20)(H,18,19). The number of hydrogen-bond acceptors (Lipinski definition) is 4. The van der Waals surface area contributed by atoms with Crippen LogP contribution in [0.1, 0.15) is 43.0 Å². The largest absolute Gasteiger partial charge is 0.481 e. The maximum Gasteiger partial charge on any atom is 0.305 e. The molecule has 116 valence electrons. The Hall–Kier alpha value is -1.40. The van der Waals surface area contributed by atoms with Gasteiger partial charge in [0.1, 0.15) is 0 Å². The van der Waals surface area contributed by atoms with E-state index in [1.54, 1.807) is 0 Å². The minimum atomic E-state index is -0.902. The second kappa shape index (κ2) is 7.56. The van der Waals surface area contributed by atoms with Gasteiger partial charge in [-0.25, -0.2) is 0 Å². The number of nitrogens with one attached hydrogen (secondary N) is 1. The summed E-state index contributed by atoms with van der Waals surface area (Å²) in [5.74, 6) is -0.407. The summed E-state index contributed by atoms with van der Waals surface area (Å²) in [5, 5.41) is 13.8. The highest BCUT2D eigenvalue weighted by Crippen LogP contribution is 2.29. The Morgan fingerprint density at radius 2 is 2.10 bits per heavy atom. The van der Waals surface area contributed by atoms with E-state index in [-0.39, 0.29) is 18.2 Å². The minimum Gasteiger partial charge on any atom is -0.481 e. The van der Waals surface area contributed by atoms with E-state index in [2.05, 4.69) is 5.32 Å². The molecule has 1 unspecified atom stereocenters. The third-order valence-corrected chi connectivity index (χ3v) is 5.12. The first-order chi connectivity index (χ1) is 10.1. The molecule has 1 aliphatic rings. The van der Waals surface area contributed by atoms with E-state index in [1.165, 1.54) is 11.3 Å². The van der Waals surface area contributed by atoms with Crippen molar-refractivity contribution in [1.29, 1.82) is 0 Å². The van der Waals surface area contributed by atoms with E-state index in [9.17, 15) is 9.59 Å². The molecule has 0 saturated heterocycles. The van der Waals surface area contributed by atoms with E-state index in [4.69, 9.17) is 10.8 Å². The molecule has 0 spiro atoms. The van der Waals surface area contributed by atoms with Crippen molar-refractivity contribution in [3.63, 3.8) is 0 Å². The van der Waals surface area contributed by atoms with Crippen LogP contribution >= 0.6 is 11.3 Å². The lowest BCUT2D eigenvalue weighted by Gasteiger charge is -2.28. The second-order valence-corrected chi connectivity index (χ2v) is 6.61. The number of rotatable bonds is 6. The number of thiophene rings is 1. The highest BCUT2D eigenvalue weighted by Gasteiger charge is 2.28. The van der Waals surface area contributed by atoms with E-state index in [1.807, 2.05) is 17.5 Å². The molecule has 0 bridgehead atoms. The van der Waals surface area contributed by atoms with Crippen LogP contribution in [0.2, 0.25) is 0 Å². The van der Waals surface area contributed by atoms with Gasteiger partial charge in [0.15, 0.2) is 0 Å². The van der Waals surface area contributed by atoms with Gasteiger partial charge in [-0.05, 0) is 49.6 Å². The van der Waals surface area contributed by atoms with Gasteiger partial charge in [0.05, 0.1) is 12.5 Å². The Labute approximate surface area is 128 Å². The molecule has 1 amide bonds. The lowest BCUT2D eigenvalue weighted by Crippen LogP contribution is -2.37. The van der Waals surface area contributed by atoms with Gasteiger partial charge < -0.3 is 16.2 Å². The van der Waals surface area contributed by atoms with Crippen LogP contribution in [0.4, 0.5) is 0 Å². The fourth-order valence-electron chi connectivity index (χ4n) is 2.84. The van der Waals surface area contributed by atoms with Crippen molar-refractivity contribution in [2.24, 2.45) is 17.6 Å². The number of amides is 1. The number of aliphatic carboxylic acids is 1. The second-order valence-electron chi connectivity index (χ2n) is 5.63. The molecule has 6 heteroatoms. The normalized spacial score (nSPS) is 23.5. The van der Waals surface area contributed by atoms with Gasteiger partial charge in [-0.2, -0.15) is 0 Å². The molecule has 1 aliphatic carbocycles. The van der Waals surface area contributed by atoms with Gasteiger partial charge in [0, 0.05) is 10.8 Å². The average molecular weight is 310 g/mol. The number of hydrogen-bond donors (Lipinski definition) is 3. The number of carbonyl (C=O) groups is 2. The molecule has 1 heterocycles. The zero-order valence-electron chi connectivity index (χ0n) is 12.0. The Bertz CT molecular complexity index is 467. The van der Waals surface area contributed by atoms with Crippen molar-refractivity contribution in [1.82, 2.24) is 5.32 Å². The summed E-state index contributed by atoms with van der Waals surface area (Å²) in [5.41, 5.74) is 5.66. The van der Waals surface area contributed by atoms with Gasteiger partial charge in [-0.15, -0.1) is 11.3 Å². The highest BCUT2D eigenvalue weighted by atomic mass is 32.1. The molecule has 1 aromatic rings. The lowest BCUT2D eigenvalue weighted by atomic mass is 9.81. The van der Waals surface area contributed by atoms with Gasteiger partial charge in [0.2, 0.25) is 5.91 Å². The first-order valence-corrected chi connectivity index (χ1v) is 8.23. The topological polar surface area (TPSA) is 92.4 Å². The predicted octanol–water partition coefficient (Wildman–Crippen LogP) is 2.15. The third-order valence-electron chi connectivity index (χ3n) is 4.13. The molecule has 0 aromatic carbocycles. The van der Waals surface area contributed by atoms with Crippen molar-refractivity contribution in [3.05, 3.63) is 22.4 Å². The highest BCUT2D eigenvalue weighted by molar-refractivity contribution is 7.10. The molecule has 21 heavy (non-hydrogen) atoms. The van der Waals surface area contributed by atoms with E-state index >= 15 is 0 Å². The van der Waals surface area contributed by atoms with Crippen LogP contribution in [0.15, 0.2) is 17.5 Å². The monoisotopic (exact) mass is 310 g/mol. The van der Waals surface area contributed by atoms with Crippen LogP contribution in [-0.4, -0.2) is 23.5 Å². The summed E-state index contributed by atoms with van der Waals surface area (Å²) in [4.78, 5) is 24.2. The van der Waals surface area contributed by atoms with Gasteiger partial charge >= 0.3 is 5.97 Å². The molecule has 1 saturated carbocycles. The number of carbonyl (C=O) groups excluding carboxylic acids is 1. The molecule has 0 radical (unpaired) electrons. The van der Waals surface area contributed by atoms with E-state index in [0.717, 1.165) is 30.6 Å². The van der Waals surface area contributed by atoms with E-state index < -0.39 is 12.0 Å². The van der Waals surface area contributed by atoms with Crippen molar-refractivity contribution < 1.29 is 14.7 Å². The zero-order valence-corrected chi connectivity index (χ0v) is 12.8. The smallest absolute Gasteiger partial charge is 0.305 e.